The summed E-state index contributed by atoms with van der Waals surface area (Å²) in [6.07, 6.45) is 0.284. The quantitative estimate of drug-likeness (QED) is 0.929. The predicted molar refractivity (Wildman–Crippen MR) is 76.6 cm³/mol. The number of rotatable bonds is 4. The molecule has 0 saturated carbocycles. The van der Waals surface area contributed by atoms with Crippen molar-refractivity contribution in [3.8, 4) is 0 Å². The molecule has 2 aromatic rings. The first-order valence-corrected chi connectivity index (χ1v) is 6.47. The van der Waals surface area contributed by atoms with Gasteiger partial charge < -0.3 is 5.32 Å². The van der Waals surface area contributed by atoms with E-state index >= 15 is 0 Å². The molecule has 1 N–H and O–H groups in total. The van der Waals surface area contributed by atoms with E-state index in [4.69, 9.17) is 0 Å². The van der Waals surface area contributed by atoms with E-state index in [1.54, 1.807) is 12.1 Å². The lowest BCUT2D eigenvalue weighted by atomic mass is 10.2. The summed E-state index contributed by atoms with van der Waals surface area (Å²) in [5.41, 5.74) is 2.32. The Labute approximate surface area is 117 Å². The van der Waals surface area contributed by atoms with Crippen LogP contribution in [0.2, 0.25) is 0 Å². The van der Waals surface area contributed by atoms with Crippen LogP contribution < -0.4 is 5.32 Å². The second-order valence-electron chi connectivity index (χ2n) is 4.65. The van der Waals surface area contributed by atoms with E-state index in [-0.39, 0.29) is 24.7 Å². The van der Waals surface area contributed by atoms with Crippen molar-refractivity contribution in [2.24, 2.45) is 0 Å². The summed E-state index contributed by atoms with van der Waals surface area (Å²) in [5.74, 6) is -0.343. The van der Waals surface area contributed by atoms with Gasteiger partial charge in [0.05, 0.1) is 5.69 Å². The van der Waals surface area contributed by atoms with Gasteiger partial charge >= 0.3 is 0 Å². The minimum Gasteiger partial charge on any atom is -0.326 e. The monoisotopic (exact) mass is 271 g/mol. The summed E-state index contributed by atoms with van der Waals surface area (Å²) in [6, 6.07) is 11.0. The van der Waals surface area contributed by atoms with E-state index in [1.807, 2.05) is 38.1 Å². The van der Waals surface area contributed by atoms with Crippen LogP contribution in [0.4, 0.5) is 5.69 Å². The first kappa shape index (κ1) is 14.0. The van der Waals surface area contributed by atoms with Gasteiger partial charge in [0.25, 0.3) is 0 Å². The van der Waals surface area contributed by atoms with E-state index in [0.717, 1.165) is 17.1 Å². The molecule has 20 heavy (non-hydrogen) atoms. The Hall–Kier alpha value is -2.43. The molecule has 0 bridgehead atoms. The fourth-order valence-corrected chi connectivity index (χ4v) is 1.95. The second-order valence-corrected chi connectivity index (χ2v) is 4.65. The molecule has 5 nitrogen and oxygen atoms in total. The highest BCUT2D eigenvalue weighted by atomic mass is 16.2. The molecule has 2 rings (SSSR count). The molecule has 104 valence electrons. The maximum Gasteiger partial charge on any atom is 0.247 e. The van der Waals surface area contributed by atoms with E-state index in [9.17, 15) is 9.59 Å². The van der Waals surface area contributed by atoms with Crippen molar-refractivity contribution in [3.05, 3.63) is 47.8 Å². The van der Waals surface area contributed by atoms with Gasteiger partial charge in [0, 0.05) is 24.2 Å². The maximum absolute atomic E-state index is 12.0. The molecule has 0 aliphatic carbocycles. The van der Waals surface area contributed by atoms with E-state index in [0.29, 0.717) is 0 Å². The van der Waals surface area contributed by atoms with Gasteiger partial charge in [0.2, 0.25) is 11.8 Å². The minimum atomic E-state index is -0.175. The molecule has 0 aliphatic rings. The van der Waals surface area contributed by atoms with Crippen LogP contribution in [-0.2, 0) is 4.79 Å². The first-order valence-electron chi connectivity index (χ1n) is 6.47. The van der Waals surface area contributed by atoms with Crippen LogP contribution in [0.25, 0.3) is 0 Å². The van der Waals surface area contributed by atoms with Crippen LogP contribution in [0.3, 0.4) is 0 Å². The largest absolute Gasteiger partial charge is 0.326 e. The molecule has 0 spiro atoms. The fourth-order valence-electron chi connectivity index (χ4n) is 1.95. The Kier molecular flexibility index (Phi) is 4.30. The number of carbonyl (C=O) groups is 2. The van der Waals surface area contributed by atoms with E-state index < -0.39 is 0 Å². The van der Waals surface area contributed by atoms with Crippen molar-refractivity contribution in [2.75, 3.05) is 5.32 Å². The minimum absolute atomic E-state index is 0.140. The molecule has 0 radical (unpaired) electrons. The van der Waals surface area contributed by atoms with Crippen molar-refractivity contribution in [3.63, 3.8) is 0 Å². The summed E-state index contributed by atoms with van der Waals surface area (Å²) in [6.45, 7) is 3.65. The summed E-state index contributed by atoms with van der Waals surface area (Å²) in [4.78, 5) is 23.7. The third kappa shape index (κ3) is 3.54. The highest BCUT2D eigenvalue weighted by molar-refractivity contribution is 5.93. The Morgan fingerprint density at radius 1 is 1.15 bits per heavy atom. The zero-order valence-corrected chi connectivity index (χ0v) is 11.6. The number of para-hydroxylation sites is 1. The number of amides is 1. The van der Waals surface area contributed by atoms with Crippen molar-refractivity contribution >= 4 is 17.5 Å². The summed E-state index contributed by atoms with van der Waals surface area (Å²) in [5, 5.41) is 6.86. The topological polar surface area (TPSA) is 64.0 Å². The number of nitrogens with zero attached hydrogens (tertiary/aromatic N) is 2. The van der Waals surface area contributed by atoms with Crippen molar-refractivity contribution < 1.29 is 9.59 Å². The fraction of sp³-hybridized carbons (Fsp3) is 0.267. The van der Waals surface area contributed by atoms with Crippen LogP contribution in [0.5, 0.6) is 0 Å². The van der Waals surface area contributed by atoms with Gasteiger partial charge in [0.1, 0.15) is 0 Å². The summed E-state index contributed by atoms with van der Waals surface area (Å²) in [7, 11) is 0. The zero-order valence-electron chi connectivity index (χ0n) is 11.6. The van der Waals surface area contributed by atoms with Gasteiger partial charge in [-0.3, -0.25) is 9.59 Å². The number of carbonyl (C=O) groups excluding carboxylic acids is 2. The van der Waals surface area contributed by atoms with E-state index in [2.05, 4.69) is 10.4 Å². The van der Waals surface area contributed by atoms with Crippen LogP contribution in [0.1, 0.15) is 29.0 Å². The summed E-state index contributed by atoms with van der Waals surface area (Å²) >= 11 is 0. The lowest BCUT2D eigenvalue weighted by Gasteiger charge is -2.05. The lowest BCUT2D eigenvalue weighted by Crippen LogP contribution is -2.18. The number of aryl methyl sites for hydroxylation is 2. The standard InChI is InChI=1S/C15H17N3O2/c1-11-10-12(2)18(17-11)15(20)9-8-14(19)16-13-6-4-3-5-7-13/h3-7,10H,8-9H2,1-2H3,(H,16,19). The third-order valence-corrected chi connectivity index (χ3v) is 2.87. The Balaban J connectivity index is 1.87. The highest BCUT2D eigenvalue weighted by Crippen LogP contribution is 2.08. The van der Waals surface area contributed by atoms with Gasteiger partial charge in [-0.15, -0.1) is 0 Å². The van der Waals surface area contributed by atoms with Crippen molar-refractivity contribution in [1.82, 2.24) is 9.78 Å². The van der Waals surface area contributed by atoms with Crippen molar-refractivity contribution in [2.45, 2.75) is 26.7 Å². The molecule has 0 saturated heterocycles. The Bertz CT molecular complexity index is 617. The lowest BCUT2D eigenvalue weighted by molar-refractivity contribution is -0.116. The molecule has 1 aromatic heterocycles. The Morgan fingerprint density at radius 3 is 2.45 bits per heavy atom. The molecule has 5 heteroatoms. The van der Waals surface area contributed by atoms with Gasteiger partial charge in [-0.1, -0.05) is 18.2 Å². The SMILES string of the molecule is Cc1cc(C)n(C(=O)CCC(=O)Nc2ccccc2)n1. The van der Waals surface area contributed by atoms with Crippen LogP contribution in [0.15, 0.2) is 36.4 Å². The van der Waals surface area contributed by atoms with Gasteiger partial charge in [-0.2, -0.15) is 5.10 Å². The number of hydrogen-bond donors (Lipinski definition) is 1. The number of benzene rings is 1. The predicted octanol–water partition coefficient (Wildman–Crippen LogP) is 2.56. The average molecular weight is 271 g/mol. The Morgan fingerprint density at radius 2 is 1.85 bits per heavy atom. The average Bonchev–Trinajstić information content (AvgIpc) is 2.76. The summed E-state index contributed by atoms with van der Waals surface area (Å²) < 4.78 is 1.35. The van der Waals surface area contributed by atoms with Gasteiger partial charge in [-0.05, 0) is 32.0 Å². The maximum atomic E-state index is 12.0. The normalized spacial score (nSPS) is 10.3. The number of hydrogen-bond acceptors (Lipinski definition) is 3. The van der Waals surface area contributed by atoms with Crippen LogP contribution in [-0.4, -0.2) is 21.6 Å². The molecular weight excluding hydrogens is 254 g/mol. The molecule has 0 atom stereocenters. The first-order chi connectivity index (χ1) is 9.56. The molecular formula is C15H17N3O2. The molecule has 1 amide bonds. The number of nitrogens with one attached hydrogen (secondary N) is 1. The number of aromatic nitrogens is 2. The van der Waals surface area contributed by atoms with Crippen LogP contribution in [0, 0.1) is 13.8 Å². The highest BCUT2D eigenvalue weighted by Gasteiger charge is 2.12. The second kappa shape index (κ2) is 6.14. The smallest absolute Gasteiger partial charge is 0.247 e. The van der Waals surface area contributed by atoms with Gasteiger partial charge in [-0.25, -0.2) is 4.68 Å². The van der Waals surface area contributed by atoms with E-state index in [1.165, 1.54) is 4.68 Å². The van der Waals surface area contributed by atoms with Crippen molar-refractivity contribution in [1.29, 1.82) is 0 Å². The van der Waals surface area contributed by atoms with Gasteiger partial charge in [0.15, 0.2) is 0 Å². The molecule has 0 unspecified atom stereocenters. The number of anilines is 1. The molecule has 1 heterocycles. The van der Waals surface area contributed by atoms with Crippen LogP contribution >= 0.6 is 0 Å². The third-order valence-electron chi connectivity index (χ3n) is 2.87. The zero-order chi connectivity index (χ0) is 14.5. The molecule has 0 fully saturated rings. The molecule has 0 aliphatic heterocycles. The molecule has 1 aromatic carbocycles.